The van der Waals surface area contributed by atoms with E-state index in [1.54, 1.807) is 18.7 Å². The molecule has 0 radical (unpaired) electrons. The summed E-state index contributed by atoms with van der Waals surface area (Å²) in [6.45, 7) is 5.09. The molecule has 2 aromatic rings. The van der Waals surface area contributed by atoms with E-state index in [9.17, 15) is 4.79 Å². The summed E-state index contributed by atoms with van der Waals surface area (Å²) in [5.41, 5.74) is 2.71. The van der Waals surface area contributed by atoms with Crippen LogP contribution < -0.4 is 0 Å². The maximum absolute atomic E-state index is 12.5. The summed E-state index contributed by atoms with van der Waals surface area (Å²) in [7, 11) is 0. The fourth-order valence-electron chi connectivity index (χ4n) is 4.35. The Labute approximate surface area is 155 Å². The van der Waals surface area contributed by atoms with E-state index < -0.39 is 0 Å². The smallest absolute Gasteiger partial charge is 0.227 e. The number of hydrogen-bond donors (Lipinski definition) is 0. The van der Waals surface area contributed by atoms with Crippen molar-refractivity contribution in [1.29, 1.82) is 0 Å². The van der Waals surface area contributed by atoms with Gasteiger partial charge in [0.1, 0.15) is 0 Å². The van der Waals surface area contributed by atoms with Gasteiger partial charge in [0.2, 0.25) is 5.91 Å². The highest BCUT2D eigenvalue weighted by atomic mass is 16.3. The minimum absolute atomic E-state index is 0.241. The average Bonchev–Trinajstić information content (AvgIpc) is 3.18. The minimum atomic E-state index is 0.241. The third-order valence-corrected chi connectivity index (χ3v) is 6.16. The summed E-state index contributed by atoms with van der Waals surface area (Å²) < 4.78 is 5.17. The molecule has 0 N–H and O–H groups in total. The third-order valence-electron chi connectivity index (χ3n) is 6.16. The lowest BCUT2D eigenvalue weighted by molar-refractivity contribution is -0.133. The Balaban J connectivity index is 1.25. The minimum Gasteiger partial charge on any atom is -0.472 e. The van der Waals surface area contributed by atoms with Crippen LogP contribution in [0.1, 0.15) is 36.8 Å². The highest BCUT2D eigenvalue weighted by molar-refractivity contribution is 5.78. The monoisotopic (exact) mass is 353 g/mol. The van der Waals surface area contributed by atoms with Crippen LogP contribution in [-0.4, -0.2) is 46.9 Å². The Bertz CT molecular complexity index is 696. The lowest BCUT2D eigenvalue weighted by atomic mass is 9.71. The molecule has 1 amide bonds. The zero-order valence-corrected chi connectivity index (χ0v) is 15.3. The lowest BCUT2D eigenvalue weighted by Crippen LogP contribution is -2.48. The molecule has 2 aliphatic rings. The van der Waals surface area contributed by atoms with Gasteiger partial charge < -0.3 is 9.32 Å². The predicted octanol–water partition coefficient (Wildman–Crippen LogP) is 3.12. The number of rotatable bonds is 4. The molecule has 0 unspecified atom stereocenters. The maximum Gasteiger partial charge on any atom is 0.227 e. The van der Waals surface area contributed by atoms with E-state index in [1.165, 1.54) is 18.4 Å². The zero-order valence-electron chi connectivity index (χ0n) is 15.3. The van der Waals surface area contributed by atoms with Crippen LogP contribution >= 0.6 is 0 Å². The third kappa shape index (κ3) is 3.98. The molecule has 5 nitrogen and oxygen atoms in total. The van der Waals surface area contributed by atoms with Crippen LogP contribution in [0.3, 0.4) is 0 Å². The van der Waals surface area contributed by atoms with Gasteiger partial charge in [-0.15, -0.1) is 0 Å². The Morgan fingerprint density at radius 2 is 1.85 bits per heavy atom. The number of hydrogen-bond acceptors (Lipinski definition) is 4. The number of furan rings is 1. The molecular weight excluding hydrogens is 326 g/mol. The van der Waals surface area contributed by atoms with Crippen LogP contribution in [0.15, 0.2) is 47.5 Å². The van der Waals surface area contributed by atoms with Gasteiger partial charge in [0.15, 0.2) is 0 Å². The molecule has 0 aliphatic carbocycles. The Hall–Kier alpha value is -2.14. The molecular formula is C21H27N3O2. The fraction of sp³-hybridized carbons (Fsp3) is 0.524. The molecule has 0 saturated carbocycles. The molecule has 0 bridgehead atoms. The van der Waals surface area contributed by atoms with Crippen LogP contribution in [-0.2, 0) is 17.8 Å². The van der Waals surface area contributed by atoms with E-state index in [0.29, 0.717) is 11.8 Å². The van der Waals surface area contributed by atoms with Crippen LogP contribution in [0.2, 0.25) is 0 Å². The van der Waals surface area contributed by atoms with Gasteiger partial charge in [0.05, 0.1) is 18.9 Å². The summed E-state index contributed by atoms with van der Waals surface area (Å²) in [6.07, 6.45) is 12.4. The van der Waals surface area contributed by atoms with Crippen molar-refractivity contribution < 1.29 is 9.21 Å². The number of carbonyl (C=O) groups excluding carboxylic acids is 1. The number of nitrogens with zero attached hydrogens (tertiary/aromatic N) is 3. The Morgan fingerprint density at radius 3 is 2.50 bits per heavy atom. The first kappa shape index (κ1) is 17.3. The normalized spacial score (nSPS) is 20.4. The van der Waals surface area contributed by atoms with Crippen molar-refractivity contribution in [3.05, 3.63) is 54.2 Å². The number of pyridine rings is 1. The Kier molecular flexibility index (Phi) is 5.07. The van der Waals surface area contributed by atoms with Gasteiger partial charge in [-0.25, -0.2) is 0 Å². The van der Waals surface area contributed by atoms with Crippen LogP contribution in [0.25, 0.3) is 0 Å². The van der Waals surface area contributed by atoms with E-state index in [4.69, 9.17) is 4.42 Å². The summed E-state index contributed by atoms with van der Waals surface area (Å²) >= 11 is 0. The lowest BCUT2D eigenvalue weighted by Gasteiger charge is -2.47. The van der Waals surface area contributed by atoms with E-state index in [2.05, 4.69) is 20.9 Å². The van der Waals surface area contributed by atoms with Gasteiger partial charge in [0.25, 0.3) is 0 Å². The van der Waals surface area contributed by atoms with Crippen molar-refractivity contribution in [2.45, 2.75) is 38.6 Å². The second-order valence-corrected chi connectivity index (χ2v) is 7.83. The predicted molar refractivity (Wildman–Crippen MR) is 99.4 cm³/mol. The molecule has 2 fully saturated rings. The van der Waals surface area contributed by atoms with Gasteiger partial charge in [-0.05, 0) is 61.9 Å². The Morgan fingerprint density at radius 1 is 1.08 bits per heavy atom. The van der Waals surface area contributed by atoms with Gasteiger partial charge in [-0.2, -0.15) is 0 Å². The van der Waals surface area contributed by atoms with Crippen molar-refractivity contribution in [3.8, 4) is 0 Å². The molecule has 5 heteroatoms. The number of carbonyl (C=O) groups is 1. The topological polar surface area (TPSA) is 49.6 Å². The first-order valence-electron chi connectivity index (χ1n) is 9.63. The molecule has 2 aliphatic heterocycles. The van der Waals surface area contributed by atoms with E-state index >= 15 is 0 Å². The first-order chi connectivity index (χ1) is 12.7. The molecule has 4 heterocycles. The van der Waals surface area contributed by atoms with Crippen molar-refractivity contribution in [2.75, 3.05) is 26.2 Å². The molecule has 4 rings (SSSR count). The summed E-state index contributed by atoms with van der Waals surface area (Å²) in [5, 5.41) is 0. The number of aromatic nitrogens is 1. The van der Waals surface area contributed by atoms with Crippen LogP contribution in [0, 0.1) is 5.41 Å². The van der Waals surface area contributed by atoms with E-state index in [1.807, 2.05) is 18.4 Å². The fourth-order valence-corrected chi connectivity index (χ4v) is 4.35. The molecule has 0 aromatic carbocycles. The van der Waals surface area contributed by atoms with Gasteiger partial charge in [-0.3, -0.25) is 14.7 Å². The standard InChI is InChI=1S/C21H27N3O2/c25-20(14-18-2-1-8-22-15-18)24-11-6-21(7-12-24)4-9-23(10-5-21)16-19-3-13-26-17-19/h1-3,8,13,15,17H,4-7,9-12,14,16H2. The first-order valence-corrected chi connectivity index (χ1v) is 9.63. The largest absolute Gasteiger partial charge is 0.472 e. The molecule has 26 heavy (non-hydrogen) atoms. The maximum atomic E-state index is 12.5. The highest BCUT2D eigenvalue weighted by Crippen LogP contribution is 2.41. The molecule has 1 spiro atoms. The van der Waals surface area contributed by atoms with Gasteiger partial charge in [-0.1, -0.05) is 6.07 Å². The number of piperidine rings is 2. The van der Waals surface area contributed by atoms with Crippen LogP contribution in [0.4, 0.5) is 0 Å². The summed E-state index contributed by atoms with van der Waals surface area (Å²) in [6, 6.07) is 5.92. The SMILES string of the molecule is O=C(Cc1cccnc1)N1CCC2(CCN(Cc3ccoc3)CC2)CC1. The molecule has 0 atom stereocenters. The summed E-state index contributed by atoms with van der Waals surface area (Å²) in [4.78, 5) is 21.2. The molecule has 138 valence electrons. The van der Waals surface area contributed by atoms with Gasteiger partial charge in [0, 0.05) is 37.6 Å². The van der Waals surface area contributed by atoms with Crippen LogP contribution in [0.5, 0.6) is 0 Å². The molecule has 2 saturated heterocycles. The van der Waals surface area contributed by atoms with Gasteiger partial charge >= 0.3 is 0 Å². The van der Waals surface area contributed by atoms with Crippen molar-refractivity contribution >= 4 is 5.91 Å². The second-order valence-electron chi connectivity index (χ2n) is 7.83. The average molecular weight is 353 g/mol. The van der Waals surface area contributed by atoms with Crippen molar-refractivity contribution in [3.63, 3.8) is 0 Å². The van der Waals surface area contributed by atoms with Crippen molar-refractivity contribution in [1.82, 2.24) is 14.8 Å². The van der Waals surface area contributed by atoms with Crippen molar-refractivity contribution in [2.24, 2.45) is 5.41 Å². The van der Waals surface area contributed by atoms with E-state index in [-0.39, 0.29) is 5.91 Å². The molecule has 2 aromatic heterocycles. The quantitative estimate of drug-likeness (QED) is 0.847. The van der Waals surface area contributed by atoms with E-state index in [0.717, 1.165) is 51.1 Å². The summed E-state index contributed by atoms with van der Waals surface area (Å²) in [5.74, 6) is 0.241. The zero-order chi connectivity index (χ0) is 17.8. The number of likely N-dealkylation sites (tertiary alicyclic amines) is 2. The number of amides is 1. The highest BCUT2D eigenvalue weighted by Gasteiger charge is 2.38. The second kappa shape index (κ2) is 7.62.